The molecule has 6 rings (SSSR count). The number of nitrogens with zero attached hydrogens (tertiary/aromatic N) is 3. The molecule has 3 aliphatic rings. The number of ether oxygens (including phenoxy) is 4. The maximum Gasteiger partial charge on any atom is 0.338 e. The molecule has 0 bridgehead atoms. The first-order valence-corrected chi connectivity index (χ1v) is 15.5. The van der Waals surface area contributed by atoms with Crippen molar-refractivity contribution < 1.29 is 33.3 Å². The van der Waals surface area contributed by atoms with Gasteiger partial charge in [0, 0.05) is 6.20 Å². The number of fused-ring (bicyclic) bond motifs is 1. The molecule has 1 saturated heterocycles. The minimum Gasteiger partial charge on any atom is -0.459 e. The quantitative estimate of drug-likeness (QED) is 0.0625. The largest absolute Gasteiger partial charge is 0.459 e. The molecule has 0 radical (unpaired) electrons. The Morgan fingerprint density at radius 2 is 1.33 bits per heavy atom. The fourth-order valence-corrected chi connectivity index (χ4v) is 5.85. The van der Waals surface area contributed by atoms with Gasteiger partial charge in [-0.25, -0.2) is 24.4 Å². The lowest BCUT2D eigenvalue weighted by Crippen LogP contribution is -2.41. The normalized spacial score (nSPS) is 19.2. The van der Waals surface area contributed by atoms with Crippen LogP contribution in [0.15, 0.2) is 108 Å². The molecule has 3 aliphatic heterocycles. The monoisotopic (exact) mass is 643 g/mol. The van der Waals surface area contributed by atoms with Gasteiger partial charge in [0.2, 0.25) is 0 Å². The number of esters is 3. The Morgan fingerprint density at radius 3 is 1.89 bits per heavy atom. The summed E-state index contributed by atoms with van der Waals surface area (Å²) in [6.45, 7) is -0.315. The van der Waals surface area contributed by atoms with Gasteiger partial charge in [-0.15, -0.1) is 0 Å². The number of rotatable bonds is 9. The number of thioether (sulfide) groups is 1. The Bertz CT molecular complexity index is 1770. The van der Waals surface area contributed by atoms with Gasteiger partial charge in [0.25, 0.3) is 0 Å². The molecule has 0 aromatic heterocycles. The van der Waals surface area contributed by atoms with E-state index < -0.39 is 42.4 Å². The first-order valence-electron chi connectivity index (χ1n) is 13.9. The van der Waals surface area contributed by atoms with Crippen molar-refractivity contribution in [2.75, 3.05) is 12.9 Å². The average molecular weight is 644 g/mol. The molecule has 1 fully saturated rings. The maximum absolute atomic E-state index is 13.5. The van der Waals surface area contributed by atoms with E-state index in [1.165, 1.54) is 11.8 Å². The van der Waals surface area contributed by atoms with Crippen LogP contribution >= 0.6 is 23.4 Å². The third-order valence-corrected chi connectivity index (χ3v) is 8.09. The fourth-order valence-electron chi connectivity index (χ4n) is 5.01. The summed E-state index contributed by atoms with van der Waals surface area (Å²) in [7, 11) is 0. The standard InChI is InChI=1S/C33H26ClN3O7S/c1-45-33-36-27(34)23-17-18-35-28(23)37(33)29-26(44-32(40)22-15-9-4-10-16-22)25(43-31(39)21-13-7-3-8-14-21)24(42-29)19-41-30(38)20-11-5-2-6-12-20/h2-18,24-26,29H,19H2,1H3/t24-,25-,26-,29-/m1/s1. The Hall–Kier alpha value is -4.71. The van der Waals surface area contributed by atoms with E-state index in [-0.39, 0.29) is 22.9 Å². The highest BCUT2D eigenvalue weighted by atomic mass is 35.5. The summed E-state index contributed by atoms with van der Waals surface area (Å²) < 4.78 is 25.9. The molecular weight excluding hydrogens is 618 g/mol. The van der Waals surface area contributed by atoms with E-state index in [2.05, 4.69) is 9.97 Å². The molecule has 0 aliphatic carbocycles. The summed E-state index contributed by atoms with van der Waals surface area (Å²) in [5.41, 5.74) is 1.44. The highest BCUT2D eigenvalue weighted by Gasteiger charge is 2.52. The Morgan fingerprint density at radius 1 is 0.800 bits per heavy atom. The zero-order chi connectivity index (χ0) is 31.3. The highest BCUT2D eigenvalue weighted by molar-refractivity contribution is 7.98. The predicted octanol–water partition coefficient (Wildman–Crippen LogP) is 5.96. The first-order chi connectivity index (χ1) is 21.9. The van der Waals surface area contributed by atoms with Crippen LogP contribution in [0.4, 0.5) is 0 Å². The van der Waals surface area contributed by atoms with E-state index in [9.17, 15) is 14.4 Å². The number of benzene rings is 3. The Balaban J connectivity index is 1.41. The Labute approximate surface area is 267 Å². The van der Waals surface area contributed by atoms with Gasteiger partial charge in [-0.05, 0) is 48.7 Å². The van der Waals surface area contributed by atoms with E-state index in [0.29, 0.717) is 22.1 Å². The number of hydrogen-bond donors (Lipinski definition) is 0. The van der Waals surface area contributed by atoms with Crippen LogP contribution in [0.2, 0.25) is 5.15 Å². The van der Waals surface area contributed by atoms with Crippen molar-refractivity contribution in [1.29, 1.82) is 0 Å². The van der Waals surface area contributed by atoms with Crippen molar-refractivity contribution in [3.05, 3.63) is 125 Å². The van der Waals surface area contributed by atoms with Crippen LogP contribution in [0.3, 0.4) is 0 Å². The molecule has 45 heavy (non-hydrogen) atoms. The molecule has 3 heterocycles. The lowest BCUT2D eigenvalue weighted by molar-refractivity contribution is -0.0657. The van der Waals surface area contributed by atoms with Crippen LogP contribution in [0.25, 0.3) is 11.4 Å². The van der Waals surface area contributed by atoms with E-state index in [1.54, 1.807) is 114 Å². The van der Waals surface area contributed by atoms with Crippen molar-refractivity contribution in [2.45, 2.75) is 29.7 Å². The van der Waals surface area contributed by atoms with Crippen LogP contribution in [0.1, 0.15) is 37.3 Å². The summed E-state index contributed by atoms with van der Waals surface area (Å²) in [5, 5.41) is 0.645. The van der Waals surface area contributed by atoms with Crippen LogP contribution < -0.4 is 0 Å². The molecule has 0 spiro atoms. The molecule has 0 N–H and O–H groups in total. The van der Waals surface area contributed by atoms with Crippen molar-refractivity contribution >= 4 is 41.3 Å². The molecule has 3 aromatic carbocycles. The van der Waals surface area contributed by atoms with E-state index >= 15 is 0 Å². The molecule has 0 amide bonds. The molecule has 4 atom stereocenters. The topological polar surface area (TPSA) is 119 Å². The van der Waals surface area contributed by atoms with Crippen molar-refractivity contribution in [3.8, 4) is 11.4 Å². The first kappa shape index (κ1) is 30.3. The van der Waals surface area contributed by atoms with E-state index in [1.807, 2.05) is 0 Å². The van der Waals surface area contributed by atoms with Gasteiger partial charge in [-0.1, -0.05) is 78.0 Å². The second-order valence-electron chi connectivity index (χ2n) is 9.94. The van der Waals surface area contributed by atoms with Crippen LogP contribution in [0, 0.1) is 0 Å². The van der Waals surface area contributed by atoms with E-state index in [0.717, 1.165) is 0 Å². The molecule has 3 aromatic rings. The minimum absolute atomic E-state index is 0.235. The number of aromatic nitrogens is 3. The van der Waals surface area contributed by atoms with Gasteiger partial charge < -0.3 is 18.9 Å². The van der Waals surface area contributed by atoms with Crippen LogP contribution in [-0.2, 0) is 18.9 Å². The lowest BCUT2D eigenvalue weighted by atomic mass is 10.1. The second-order valence-corrected chi connectivity index (χ2v) is 11.1. The number of carbonyl (C=O) groups excluding carboxylic acids is 3. The predicted molar refractivity (Wildman–Crippen MR) is 165 cm³/mol. The third-order valence-electron chi connectivity index (χ3n) is 7.15. The van der Waals surface area contributed by atoms with Crippen molar-refractivity contribution in [3.63, 3.8) is 0 Å². The van der Waals surface area contributed by atoms with Gasteiger partial charge in [-0.2, -0.15) is 0 Å². The van der Waals surface area contributed by atoms with Gasteiger partial charge in [0.05, 0.1) is 22.3 Å². The summed E-state index contributed by atoms with van der Waals surface area (Å²) in [5.74, 6) is -1.53. The van der Waals surface area contributed by atoms with Crippen molar-refractivity contribution in [1.82, 2.24) is 14.5 Å². The third kappa shape index (κ3) is 6.41. The van der Waals surface area contributed by atoms with Crippen LogP contribution in [-0.4, -0.2) is 63.6 Å². The summed E-state index contributed by atoms with van der Waals surface area (Å²) >= 11 is 7.74. The zero-order valence-corrected chi connectivity index (χ0v) is 25.4. The average Bonchev–Trinajstić information content (AvgIpc) is 3.70. The zero-order valence-electron chi connectivity index (χ0n) is 23.8. The lowest BCUT2D eigenvalue weighted by Gasteiger charge is -2.27. The Kier molecular flexibility index (Phi) is 9.11. The van der Waals surface area contributed by atoms with Gasteiger partial charge in [0.15, 0.2) is 23.6 Å². The molecule has 10 nitrogen and oxygen atoms in total. The number of hydrogen-bond acceptors (Lipinski definition) is 10. The SMILES string of the molecule is CSc1nc(Cl)c2ccnc-2n1[C@@H]1O[C@H](COC(=O)c2ccccc2)[C@@H](OC(=O)c2ccccc2)[C@H]1OC(=O)c1ccccc1. The molecule has 0 saturated carbocycles. The van der Waals surface area contributed by atoms with Crippen LogP contribution in [0.5, 0.6) is 0 Å². The highest BCUT2D eigenvalue weighted by Crippen LogP contribution is 2.41. The summed E-state index contributed by atoms with van der Waals surface area (Å²) in [6, 6.07) is 27.0. The molecule has 12 heteroatoms. The summed E-state index contributed by atoms with van der Waals surface area (Å²) in [6.07, 6.45) is -1.20. The van der Waals surface area contributed by atoms with Gasteiger partial charge >= 0.3 is 17.9 Å². The number of carbonyl (C=O) groups is 3. The minimum atomic E-state index is -1.22. The molecule has 228 valence electrons. The fraction of sp³-hybridized carbons (Fsp3) is 0.182. The van der Waals surface area contributed by atoms with E-state index in [4.69, 9.17) is 30.5 Å². The smallest absolute Gasteiger partial charge is 0.338 e. The molecule has 0 unspecified atom stereocenters. The number of halogens is 1. The summed E-state index contributed by atoms with van der Waals surface area (Å²) in [4.78, 5) is 48.8. The van der Waals surface area contributed by atoms with Gasteiger partial charge in [-0.3, -0.25) is 4.57 Å². The maximum atomic E-state index is 13.5. The van der Waals surface area contributed by atoms with Crippen molar-refractivity contribution in [2.24, 2.45) is 0 Å². The second kappa shape index (κ2) is 13.5. The van der Waals surface area contributed by atoms with Gasteiger partial charge in [0.1, 0.15) is 23.7 Å². The molecular formula is C33H26ClN3O7S.